The zero-order chi connectivity index (χ0) is 11.8. The zero-order valence-corrected chi connectivity index (χ0v) is 8.86. The molecule has 0 radical (unpaired) electrons. The molecule has 0 aliphatic heterocycles. The number of H-pyrrole nitrogens is 1. The summed E-state index contributed by atoms with van der Waals surface area (Å²) in [4.78, 5) is 24.7. The van der Waals surface area contributed by atoms with Gasteiger partial charge in [0.05, 0.1) is 18.8 Å². The van der Waals surface area contributed by atoms with Crippen molar-refractivity contribution in [2.75, 3.05) is 26.3 Å². The number of carbonyl (C=O) groups is 1. The number of ether oxygens (including phenoxy) is 1. The largest absolute Gasteiger partial charge is 0.378 e. The van der Waals surface area contributed by atoms with Crippen molar-refractivity contribution in [1.82, 2.24) is 10.3 Å². The zero-order valence-electron chi connectivity index (χ0n) is 8.86. The minimum atomic E-state index is -0.243. The second-order valence-electron chi connectivity index (χ2n) is 3.10. The number of nitrogens with one attached hydrogen (secondary N) is 2. The molecule has 0 saturated carbocycles. The van der Waals surface area contributed by atoms with Crippen molar-refractivity contribution in [1.29, 1.82) is 0 Å². The summed E-state index contributed by atoms with van der Waals surface area (Å²) in [6, 6.07) is 2.77. The SMILES string of the molecule is NCCOCCNC(=O)c1ccc(=O)[nH]c1. The quantitative estimate of drug-likeness (QED) is 0.545. The van der Waals surface area contributed by atoms with E-state index in [-0.39, 0.29) is 11.5 Å². The van der Waals surface area contributed by atoms with Gasteiger partial charge in [0.15, 0.2) is 0 Å². The summed E-state index contributed by atoms with van der Waals surface area (Å²) >= 11 is 0. The summed E-state index contributed by atoms with van der Waals surface area (Å²) in [5.74, 6) is -0.243. The van der Waals surface area contributed by atoms with Crippen LogP contribution in [0.3, 0.4) is 0 Å². The average Bonchev–Trinajstić information content (AvgIpc) is 2.29. The van der Waals surface area contributed by atoms with E-state index in [9.17, 15) is 9.59 Å². The van der Waals surface area contributed by atoms with Gasteiger partial charge in [0, 0.05) is 25.4 Å². The molecule has 0 aliphatic carbocycles. The van der Waals surface area contributed by atoms with E-state index in [0.717, 1.165) is 0 Å². The standard InChI is InChI=1S/C10H15N3O3/c11-3-5-16-6-4-12-10(15)8-1-2-9(14)13-7-8/h1-2,7H,3-6,11H2,(H,12,15)(H,13,14). The summed E-state index contributed by atoms with van der Waals surface area (Å²) in [5, 5.41) is 2.65. The van der Waals surface area contributed by atoms with E-state index in [2.05, 4.69) is 10.3 Å². The molecular formula is C10H15N3O3. The van der Waals surface area contributed by atoms with Gasteiger partial charge in [-0.3, -0.25) is 9.59 Å². The van der Waals surface area contributed by atoms with Crippen LogP contribution in [0.4, 0.5) is 0 Å². The highest BCUT2D eigenvalue weighted by molar-refractivity contribution is 5.93. The number of pyridine rings is 1. The van der Waals surface area contributed by atoms with Gasteiger partial charge in [-0.25, -0.2) is 0 Å². The molecule has 0 aliphatic rings. The molecule has 16 heavy (non-hydrogen) atoms. The van der Waals surface area contributed by atoms with Gasteiger partial charge in [-0.2, -0.15) is 0 Å². The Bertz CT molecular complexity index is 369. The highest BCUT2D eigenvalue weighted by Crippen LogP contribution is 1.91. The predicted molar refractivity (Wildman–Crippen MR) is 59.3 cm³/mol. The number of hydrogen-bond donors (Lipinski definition) is 3. The Balaban J connectivity index is 2.30. The third kappa shape index (κ3) is 4.24. The van der Waals surface area contributed by atoms with Crippen molar-refractivity contribution in [2.45, 2.75) is 0 Å². The Morgan fingerprint density at radius 3 is 2.88 bits per heavy atom. The maximum atomic E-state index is 11.5. The predicted octanol–water partition coefficient (Wildman–Crippen LogP) is -0.920. The van der Waals surface area contributed by atoms with Crippen molar-refractivity contribution in [2.24, 2.45) is 5.73 Å². The first-order valence-electron chi connectivity index (χ1n) is 4.99. The lowest BCUT2D eigenvalue weighted by atomic mass is 10.3. The van der Waals surface area contributed by atoms with Gasteiger partial charge < -0.3 is 20.8 Å². The smallest absolute Gasteiger partial charge is 0.252 e. The average molecular weight is 225 g/mol. The molecule has 0 bridgehead atoms. The molecule has 6 heteroatoms. The first kappa shape index (κ1) is 12.4. The fourth-order valence-electron chi connectivity index (χ4n) is 1.08. The number of hydrogen-bond acceptors (Lipinski definition) is 4. The molecule has 88 valence electrons. The van der Waals surface area contributed by atoms with Crippen LogP contribution in [0.1, 0.15) is 10.4 Å². The van der Waals surface area contributed by atoms with Crippen molar-refractivity contribution >= 4 is 5.91 Å². The summed E-state index contributed by atoms with van der Waals surface area (Å²) < 4.78 is 5.09. The van der Waals surface area contributed by atoms with E-state index in [1.165, 1.54) is 18.3 Å². The summed E-state index contributed by atoms with van der Waals surface area (Å²) in [7, 11) is 0. The minimum Gasteiger partial charge on any atom is -0.378 e. The van der Waals surface area contributed by atoms with Crippen LogP contribution >= 0.6 is 0 Å². The van der Waals surface area contributed by atoms with Crippen molar-refractivity contribution in [3.63, 3.8) is 0 Å². The monoisotopic (exact) mass is 225 g/mol. The van der Waals surface area contributed by atoms with Gasteiger partial charge in [0.25, 0.3) is 5.91 Å². The topological polar surface area (TPSA) is 97.2 Å². The lowest BCUT2D eigenvalue weighted by Crippen LogP contribution is -2.28. The lowest BCUT2D eigenvalue weighted by molar-refractivity contribution is 0.0919. The fourth-order valence-corrected chi connectivity index (χ4v) is 1.08. The number of aromatic amines is 1. The summed E-state index contributed by atoms with van der Waals surface area (Å²) in [6.45, 7) is 1.78. The number of aromatic nitrogens is 1. The van der Waals surface area contributed by atoms with Gasteiger partial charge >= 0.3 is 0 Å². The van der Waals surface area contributed by atoms with Gasteiger partial charge in [-0.15, -0.1) is 0 Å². The highest BCUT2D eigenvalue weighted by Gasteiger charge is 2.03. The highest BCUT2D eigenvalue weighted by atomic mass is 16.5. The van der Waals surface area contributed by atoms with Crippen LogP contribution in [-0.2, 0) is 4.74 Å². The molecule has 1 rings (SSSR count). The van der Waals surface area contributed by atoms with E-state index < -0.39 is 0 Å². The molecule has 1 amide bonds. The molecular weight excluding hydrogens is 210 g/mol. The molecule has 0 fully saturated rings. The van der Waals surface area contributed by atoms with Crippen LogP contribution in [0.25, 0.3) is 0 Å². The lowest BCUT2D eigenvalue weighted by Gasteiger charge is -2.05. The van der Waals surface area contributed by atoms with Crippen molar-refractivity contribution in [3.05, 3.63) is 34.2 Å². The number of amides is 1. The van der Waals surface area contributed by atoms with Crippen LogP contribution < -0.4 is 16.6 Å². The molecule has 0 unspecified atom stereocenters. The molecule has 6 nitrogen and oxygen atoms in total. The normalized spacial score (nSPS) is 10.1. The second kappa shape index (κ2) is 6.76. The van der Waals surface area contributed by atoms with Crippen molar-refractivity contribution < 1.29 is 9.53 Å². The van der Waals surface area contributed by atoms with E-state index in [0.29, 0.717) is 31.9 Å². The van der Waals surface area contributed by atoms with Gasteiger partial charge in [-0.1, -0.05) is 0 Å². The molecule has 0 atom stereocenters. The molecule has 1 heterocycles. The van der Waals surface area contributed by atoms with Gasteiger partial charge in [0.1, 0.15) is 0 Å². The van der Waals surface area contributed by atoms with Crippen LogP contribution in [0, 0.1) is 0 Å². The van der Waals surface area contributed by atoms with Crippen LogP contribution in [0.5, 0.6) is 0 Å². The maximum absolute atomic E-state index is 11.5. The second-order valence-corrected chi connectivity index (χ2v) is 3.10. The summed E-state index contributed by atoms with van der Waals surface area (Å²) in [5.41, 5.74) is 5.41. The maximum Gasteiger partial charge on any atom is 0.252 e. The number of carbonyl (C=O) groups excluding carboxylic acids is 1. The van der Waals surface area contributed by atoms with Gasteiger partial charge in [0.2, 0.25) is 5.56 Å². The molecule has 4 N–H and O–H groups in total. The number of nitrogens with two attached hydrogens (primary N) is 1. The summed E-state index contributed by atoms with van der Waals surface area (Å²) in [6.07, 6.45) is 1.37. The Hall–Kier alpha value is -1.66. The third-order valence-corrected chi connectivity index (χ3v) is 1.84. The fraction of sp³-hybridized carbons (Fsp3) is 0.400. The molecule has 0 saturated heterocycles. The Labute approximate surface area is 92.8 Å². The van der Waals surface area contributed by atoms with E-state index in [4.69, 9.17) is 10.5 Å². The number of rotatable bonds is 6. The Kier molecular flexibility index (Phi) is 5.24. The van der Waals surface area contributed by atoms with Gasteiger partial charge in [-0.05, 0) is 6.07 Å². The Morgan fingerprint density at radius 2 is 2.25 bits per heavy atom. The third-order valence-electron chi connectivity index (χ3n) is 1.84. The van der Waals surface area contributed by atoms with Crippen LogP contribution in [0.15, 0.2) is 23.1 Å². The van der Waals surface area contributed by atoms with Crippen LogP contribution in [-0.4, -0.2) is 37.2 Å². The van der Waals surface area contributed by atoms with Crippen LogP contribution in [0.2, 0.25) is 0 Å². The molecule has 1 aromatic heterocycles. The molecule has 0 spiro atoms. The molecule has 1 aromatic rings. The van der Waals surface area contributed by atoms with E-state index in [1.54, 1.807) is 0 Å². The first-order valence-corrected chi connectivity index (χ1v) is 4.99. The van der Waals surface area contributed by atoms with E-state index in [1.807, 2.05) is 0 Å². The molecule has 0 aromatic carbocycles. The first-order chi connectivity index (χ1) is 7.74. The Morgan fingerprint density at radius 1 is 1.44 bits per heavy atom. The van der Waals surface area contributed by atoms with Crippen molar-refractivity contribution in [3.8, 4) is 0 Å². The van der Waals surface area contributed by atoms with E-state index >= 15 is 0 Å². The minimum absolute atomic E-state index is 0.233.